The largest absolute Gasteiger partial charge is 0.367 e. The van der Waals surface area contributed by atoms with E-state index in [0.29, 0.717) is 41.2 Å². The minimum Gasteiger partial charge on any atom is -0.367 e. The summed E-state index contributed by atoms with van der Waals surface area (Å²) in [7, 11) is 2.04. The lowest BCUT2D eigenvalue weighted by molar-refractivity contribution is -0.138. The van der Waals surface area contributed by atoms with E-state index in [-0.39, 0.29) is 24.5 Å². The first-order valence-electron chi connectivity index (χ1n) is 16.1. The molecule has 3 aliphatic rings. The number of piperazine rings is 1. The number of nitrogens with zero attached hydrogens (tertiary/aromatic N) is 4. The third-order valence-electron chi connectivity index (χ3n) is 9.15. The first-order chi connectivity index (χ1) is 22.5. The quantitative estimate of drug-likeness (QED) is 0.361. The molecule has 6 rings (SSSR count). The molecule has 3 amide bonds. The Labute approximate surface area is 271 Å². The molecule has 2 aromatic carbocycles. The van der Waals surface area contributed by atoms with Gasteiger partial charge in [0.1, 0.15) is 29.5 Å². The van der Waals surface area contributed by atoms with E-state index < -0.39 is 48.3 Å². The number of fused-ring (bicyclic) bond motifs is 1. The van der Waals surface area contributed by atoms with Crippen molar-refractivity contribution in [3.8, 4) is 0 Å². The Kier molecular flexibility index (Phi) is 9.49. The summed E-state index contributed by atoms with van der Waals surface area (Å²) in [6, 6.07) is 8.54. The number of benzene rings is 2. The molecule has 1 aliphatic carbocycles. The van der Waals surface area contributed by atoms with E-state index in [1.165, 1.54) is 30.3 Å². The van der Waals surface area contributed by atoms with Crippen LogP contribution in [0.3, 0.4) is 0 Å². The Morgan fingerprint density at radius 2 is 1.81 bits per heavy atom. The van der Waals surface area contributed by atoms with Gasteiger partial charge in [-0.1, -0.05) is 18.2 Å². The number of likely N-dealkylation sites (tertiary alicyclic amines) is 1. The van der Waals surface area contributed by atoms with Crippen LogP contribution in [0.15, 0.2) is 48.5 Å². The molecule has 12 heteroatoms. The molecule has 0 unspecified atom stereocenters. The average molecular weight is 649 g/mol. The zero-order chi connectivity index (χ0) is 33.2. The summed E-state index contributed by atoms with van der Waals surface area (Å²) in [5.74, 6) is -2.12. The Bertz CT molecular complexity index is 1710. The van der Waals surface area contributed by atoms with Gasteiger partial charge in [-0.05, 0) is 80.3 Å². The predicted molar refractivity (Wildman–Crippen MR) is 173 cm³/mol. The molecule has 3 heterocycles. The third-order valence-corrected chi connectivity index (χ3v) is 9.15. The Morgan fingerprint density at radius 1 is 1.04 bits per heavy atom. The number of likely N-dealkylation sites (N-methyl/N-ethyl adjacent to an activating group) is 1. The highest BCUT2D eigenvalue weighted by Crippen LogP contribution is 2.34. The molecule has 0 radical (unpaired) electrons. The van der Waals surface area contributed by atoms with Crippen molar-refractivity contribution >= 4 is 40.4 Å². The zero-order valence-electron chi connectivity index (χ0n) is 26.5. The first-order valence-corrected chi connectivity index (χ1v) is 16.1. The average Bonchev–Trinajstić information content (AvgIpc) is 3.81. The maximum Gasteiger partial charge on any atom is 0.270 e. The van der Waals surface area contributed by atoms with E-state index in [1.54, 1.807) is 13.0 Å². The van der Waals surface area contributed by atoms with Crippen LogP contribution in [0.25, 0.3) is 17.0 Å². The number of rotatable bonds is 9. The molecule has 3 atom stereocenters. The van der Waals surface area contributed by atoms with Gasteiger partial charge in [-0.3, -0.25) is 14.4 Å². The summed E-state index contributed by atoms with van der Waals surface area (Å²) in [6.45, 7) is 4.07. The van der Waals surface area contributed by atoms with Crippen LogP contribution in [-0.2, 0) is 9.59 Å². The number of aromatic nitrogens is 1. The van der Waals surface area contributed by atoms with Gasteiger partial charge in [-0.2, -0.15) is 0 Å². The monoisotopic (exact) mass is 648 g/mol. The molecule has 0 spiro atoms. The van der Waals surface area contributed by atoms with Gasteiger partial charge in [-0.25, -0.2) is 18.2 Å². The molecule has 2 saturated heterocycles. The van der Waals surface area contributed by atoms with Crippen molar-refractivity contribution in [2.24, 2.45) is 5.92 Å². The van der Waals surface area contributed by atoms with Gasteiger partial charge >= 0.3 is 0 Å². The minimum absolute atomic E-state index is 0.0298. The summed E-state index contributed by atoms with van der Waals surface area (Å²) in [5.41, 5.74) is 2.37. The smallest absolute Gasteiger partial charge is 0.270 e. The molecule has 2 N–H and O–H groups in total. The van der Waals surface area contributed by atoms with Crippen LogP contribution in [0.1, 0.15) is 53.8 Å². The molecule has 1 aromatic heterocycles. The number of nitrogens with one attached hydrogen (secondary N) is 2. The van der Waals surface area contributed by atoms with E-state index >= 15 is 4.39 Å². The van der Waals surface area contributed by atoms with Crippen LogP contribution >= 0.6 is 0 Å². The first kappa shape index (κ1) is 32.5. The number of halogens is 3. The molecule has 1 saturated carbocycles. The molecular formula is C35H39F3N6O3. The second-order valence-electron chi connectivity index (χ2n) is 12.8. The lowest BCUT2D eigenvalue weighted by Crippen LogP contribution is -2.49. The predicted octanol–water partition coefficient (Wildman–Crippen LogP) is 4.23. The molecule has 248 valence electrons. The lowest BCUT2D eigenvalue weighted by Gasteiger charge is -2.34. The van der Waals surface area contributed by atoms with Crippen molar-refractivity contribution in [1.82, 2.24) is 25.4 Å². The van der Waals surface area contributed by atoms with Crippen molar-refractivity contribution in [2.45, 2.75) is 44.4 Å². The van der Waals surface area contributed by atoms with Crippen molar-refractivity contribution in [3.63, 3.8) is 0 Å². The number of hydrogen-bond acceptors (Lipinski definition) is 6. The highest BCUT2D eigenvalue weighted by molar-refractivity contribution is 5.97. The van der Waals surface area contributed by atoms with E-state index in [9.17, 15) is 23.2 Å². The molecule has 9 nitrogen and oxygen atoms in total. The molecule has 0 bridgehead atoms. The summed E-state index contributed by atoms with van der Waals surface area (Å²) in [4.78, 5) is 49.0. The number of hydrogen-bond donors (Lipinski definition) is 2. The zero-order valence-corrected chi connectivity index (χ0v) is 26.5. The van der Waals surface area contributed by atoms with Gasteiger partial charge in [0.15, 0.2) is 0 Å². The van der Waals surface area contributed by atoms with Gasteiger partial charge in [-0.15, -0.1) is 0 Å². The maximum absolute atomic E-state index is 15.6. The number of pyridine rings is 1. The summed E-state index contributed by atoms with van der Waals surface area (Å²) >= 11 is 0. The SMILES string of the molecule is C[C@H](NC(=O)[C@@H]1C[C@@H](F)CN1C(=O)CNC(=O)c1ccc2cc(F)ccc2n1)c1cc(F)c(N2CCN(C)CC2)cc1/C=C/C1CC1. The molecule has 47 heavy (non-hydrogen) atoms. The highest BCUT2D eigenvalue weighted by atomic mass is 19.1. The Balaban J connectivity index is 1.12. The topological polar surface area (TPSA) is 97.9 Å². The van der Waals surface area contributed by atoms with Gasteiger partial charge in [0.05, 0.1) is 30.3 Å². The second-order valence-corrected chi connectivity index (χ2v) is 12.8. The Morgan fingerprint density at radius 3 is 2.55 bits per heavy atom. The lowest BCUT2D eigenvalue weighted by atomic mass is 9.98. The second kappa shape index (κ2) is 13.7. The fourth-order valence-corrected chi connectivity index (χ4v) is 6.20. The van der Waals surface area contributed by atoms with Crippen molar-refractivity contribution < 1.29 is 27.6 Å². The number of alkyl halides is 1. The van der Waals surface area contributed by atoms with Crippen LogP contribution in [0, 0.1) is 17.6 Å². The third kappa shape index (κ3) is 7.59. The van der Waals surface area contributed by atoms with E-state index in [2.05, 4.69) is 26.6 Å². The van der Waals surface area contributed by atoms with E-state index in [1.807, 2.05) is 24.1 Å². The summed E-state index contributed by atoms with van der Waals surface area (Å²) < 4.78 is 43.7. The van der Waals surface area contributed by atoms with Crippen LogP contribution < -0.4 is 15.5 Å². The number of allylic oxidation sites excluding steroid dienone is 1. The van der Waals surface area contributed by atoms with Crippen molar-refractivity contribution in [2.75, 3.05) is 51.2 Å². The number of carbonyl (C=O) groups excluding carboxylic acids is 3. The van der Waals surface area contributed by atoms with E-state index in [4.69, 9.17) is 0 Å². The van der Waals surface area contributed by atoms with Crippen molar-refractivity contribution in [3.05, 3.63) is 77.0 Å². The minimum atomic E-state index is -1.42. The van der Waals surface area contributed by atoms with Gasteiger partial charge in [0.25, 0.3) is 5.91 Å². The Hall–Kier alpha value is -4.45. The number of carbonyl (C=O) groups is 3. The maximum atomic E-state index is 15.6. The number of amides is 3. The standard InChI is InChI=1S/C35H39F3N6O3/c1-21(27-18-28(38)31(43-13-11-42(2)12-14-43)16-23(27)6-5-22-3-4-22)40-35(47)32-17-26(37)20-44(32)33(45)19-39-34(46)30-9-7-24-15-25(36)8-10-29(24)41-30/h5-10,15-16,18,21-22,26,32H,3-4,11-14,17,19-20H2,1-2H3,(H,39,46)(H,40,47)/b6-5+/t21-,26+,32-/m0/s1. The number of anilines is 1. The van der Waals surface area contributed by atoms with Gasteiger partial charge < -0.3 is 25.3 Å². The molecule has 3 fully saturated rings. The summed E-state index contributed by atoms with van der Waals surface area (Å²) in [5, 5.41) is 5.90. The van der Waals surface area contributed by atoms with Gasteiger partial charge in [0.2, 0.25) is 11.8 Å². The van der Waals surface area contributed by atoms with Crippen LogP contribution in [0.4, 0.5) is 18.9 Å². The van der Waals surface area contributed by atoms with Gasteiger partial charge in [0, 0.05) is 38.0 Å². The van der Waals surface area contributed by atoms with E-state index in [0.717, 1.165) is 36.4 Å². The van der Waals surface area contributed by atoms with Crippen LogP contribution in [0.2, 0.25) is 0 Å². The van der Waals surface area contributed by atoms with Crippen LogP contribution in [-0.4, -0.2) is 91.0 Å². The highest BCUT2D eigenvalue weighted by Gasteiger charge is 2.40. The summed E-state index contributed by atoms with van der Waals surface area (Å²) in [6.07, 6.45) is 4.73. The fourth-order valence-electron chi connectivity index (χ4n) is 6.20. The molecule has 3 aromatic rings. The van der Waals surface area contributed by atoms with Crippen molar-refractivity contribution in [1.29, 1.82) is 0 Å². The molecular weight excluding hydrogens is 609 g/mol. The fraction of sp³-hybridized carbons (Fsp3) is 0.429. The van der Waals surface area contributed by atoms with Crippen LogP contribution in [0.5, 0.6) is 0 Å². The normalized spacial score (nSPS) is 21.0. The molecule has 2 aliphatic heterocycles.